The van der Waals surface area contributed by atoms with Crippen molar-refractivity contribution in [3.8, 4) is 0 Å². The predicted molar refractivity (Wildman–Crippen MR) is 75.9 cm³/mol. The first-order chi connectivity index (χ1) is 9.97. The number of nitrogens with two attached hydrogens (primary N) is 1. The third-order valence-electron chi connectivity index (χ3n) is 3.77. The first kappa shape index (κ1) is 18.5. The van der Waals surface area contributed by atoms with Crippen LogP contribution in [0.2, 0.25) is 0 Å². The van der Waals surface area contributed by atoms with E-state index in [0.717, 1.165) is 5.57 Å². The fourth-order valence-electron chi connectivity index (χ4n) is 2.49. The molecule has 0 saturated carbocycles. The summed E-state index contributed by atoms with van der Waals surface area (Å²) in [6.45, 7) is 0.0446. The third kappa shape index (κ3) is 6.39. The van der Waals surface area contributed by atoms with Crippen molar-refractivity contribution >= 4 is 0 Å². The van der Waals surface area contributed by atoms with Gasteiger partial charge in [-0.3, -0.25) is 0 Å². The average Bonchev–Trinajstić information content (AvgIpc) is 2.46. The van der Waals surface area contributed by atoms with Crippen LogP contribution in [0.5, 0.6) is 0 Å². The van der Waals surface area contributed by atoms with E-state index in [1.165, 1.54) is 0 Å². The van der Waals surface area contributed by atoms with Gasteiger partial charge in [0.1, 0.15) is 0 Å². The van der Waals surface area contributed by atoms with Crippen molar-refractivity contribution in [1.82, 2.24) is 0 Å². The number of aliphatic hydroxyl groups is 5. The fraction of sp³-hybridized carbons (Fsp3) is 0.857. The van der Waals surface area contributed by atoms with Crippen LogP contribution in [0, 0.1) is 5.92 Å². The highest BCUT2D eigenvalue weighted by Crippen LogP contribution is 2.29. The minimum Gasteiger partial charge on any atom is -0.396 e. The molecule has 7 N–H and O–H groups in total. The smallest absolute Gasteiger partial charge is 0.154 e. The summed E-state index contributed by atoms with van der Waals surface area (Å²) < 4.78 is 5.51. The maximum atomic E-state index is 9.79. The average molecular weight is 305 g/mol. The van der Waals surface area contributed by atoms with Gasteiger partial charge in [-0.25, -0.2) is 0 Å². The molecule has 0 aromatic heterocycles. The molecular formula is C14H27NO6. The molecule has 0 saturated heterocycles. The summed E-state index contributed by atoms with van der Waals surface area (Å²) in [4.78, 5) is 0. The van der Waals surface area contributed by atoms with Gasteiger partial charge in [0.15, 0.2) is 12.6 Å². The van der Waals surface area contributed by atoms with Crippen molar-refractivity contribution in [2.24, 2.45) is 11.7 Å². The Balaban J connectivity index is 2.45. The highest BCUT2D eigenvalue weighted by molar-refractivity contribution is 5.14. The highest BCUT2D eigenvalue weighted by Gasteiger charge is 2.29. The van der Waals surface area contributed by atoms with Crippen LogP contribution in [0.3, 0.4) is 0 Å². The van der Waals surface area contributed by atoms with Crippen LogP contribution in [0.4, 0.5) is 0 Å². The Morgan fingerprint density at radius 3 is 2.52 bits per heavy atom. The first-order valence-electron chi connectivity index (χ1n) is 7.35. The van der Waals surface area contributed by atoms with E-state index in [1.54, 1.807) is 0 Å². The monoisotopic (exact) mass is 305 g/mol. The molecule has 0 spiro atoms. The lowest BCUT2D eigenvalue weighted by Crippen LogP contribution is -2.36. The van der Waals surface area contributed by atoms with E-state index >= 15 is 0 Å². The molecule has 0 heterocycles. The number of aliphatic hydroxyl groups excluding tert-OH is 4. The van der Waals surface area contributed by atoms with Crippen molar-refractivity contribution < 1.29 is 30.3 Å². The first-order valence-corrected chi connectivity index (χ1v) is 7.35. The summed E-state index contributed by atoms with van der Waals surface area (Å²) >= 11 is 0. The lowest BCUT2D eigenvalue weighted by atomic mass is 9.84. The Morgan fingerprint density at radius 1 is 1.24 bits per heavy atom. The molecule has 0 bridgehead atoms. The number of ether oxygens (including phenoxy) is 1. The summed E-state index contributed by atoms with van der Waals surface area (Å²) in [5.74, 6) is -0.190. The van der Waals surface area contributed by atoms with Gasteiger partial charge in [0.2, 0.25) is 0 Å². The van der Waals surface area contributed by atoms with Crippen LogP contribution in [0.15, 0.2) is 11.6 Å². The minimum atomic E-state index is -1.37. The van der Waals surface area contributed by atoms with E-state index in [-0.39, 0.29) is 31.6 Å². The van der Waals surface area contributed by atoms with E-state index in [9.17, 15) is 15.3 Å². The quantitative estimate of drug-likeness (QED) is 0.233. The zero-order valence-corrected chi connectivity index (χ0v) is 12.1. The van der Waals surface area contributed by atoms with Gasteiger partial charge in [-0.15, -0.1) is 0 Å². The maximum Gasteiger partial charge on any atom is 0.154 e. The van der Waals surface area contributed by atoms with E-state index in [0.29, 0.717) is 25.7 Å². The summed E-state index contributed by atoms with van der Waals surface area (Å²) in [6, 6.07) is 0. The fourth-order valence-corrected chi connectivity index (χ4v) is 2.49. The molecule has 1 rings (SSSR count). The number of hydrogen-bond donors (Lipinski definition) is 6. The molecular weight excluding hydrogens is 278 g/mol. The SMILES string of the molecule is NCC(O)C1=CCC(OC(O)CCCC(O)O)C(CO)C1. The topological polar surface area (TPSA) is 136 Å². The van der Waals surface area contributed by atoms with E-state index in [1.807, 2.05) is 6.08 Å². The second kappa shape index (κ2) is 9.47. The Kier molecular flexibility index (Phi) is 8.35. The normalized spacial score (nSPS) is 25.8. The van der Waals surface area contributed by atoms with Crippen LogP contribution in [-0.4, -0.2) is 63.5 Å². The highest BCUT2D eigenvalue weighted by atomic mass is 16.6. The molecule has 0 amide bonds. The van der Waals surface area contributed by atoms with Crippen LogP contribution < -0.4 is 5.73 Å². The molecule has 1 aliphatic carbocycles. The maximum absolute atomic E-state index is 9.79. The van der Waals surface area contributed by atoms with E-state index in [2.05, 4.69) is 0 Å². The number of rotatable bonds is 9. The van der Waals surface area contributed by atoms with Crippen molar-refractivity contribution in [2.45, 2.75) is 56.9 Å². The van der Waals surface area contributed by atoms with E-state index < -0.39 is 18.7 Å². The van der Waals surface area contributed by atoms with Gasteiger partial charge in [0, 0.05) is 19.1 Å². The van der Waals surface area contributed by atoms with Crippen LogP contribution in [0.25, 0.3) is 0 Å². The van der Waals surface area contributed by atoms with Gasteiger partial charge < -0.3 is 36.0 Å². The van der Waals surface area contributed by atoms with Crippen LogP contribution >= 0.6 is 0 Å². The largest absolute Gasteiger partial charge is 0.396 e. The molecule has 0 fully saturated rings. The lowest BCUT2D eigenvalue weighted by molar-refractivity contribution is -0.161. The summed E-state index contributed by atoms with van der Waals surface area (Å²) in [5, 5.41) is 46.4. The standard InChI is InChI=1S/C14H27NO6/c15-7-11(17)9-4-5-12(10(6-9)8-16)21-14(20)3-1-2-13(18)19/h4,10-14,16-20H,1-3,5-8,15H2. The molecule has 1 aliphatic rings. The molecule has 21 heavy (non-hydrogen) atoms. The molecule has 0 aromatic rings. The van der Waals surface area contributed by atoms with Crippen molar-refractivity contribution in [3.05, 3.63) is 11.6 Å². The van der Waals surface area contributed by atoms with Gasteiger partial charge in [0.05, 0.1) is 12.2 Å². The lowest BCUT2D eigenvalue weighted by Gasteiger charge is -2.33. The Labute approximate surface area is 124 Å². The second-order valence-corrected chi connectivity index (χ2v) is 5.45. The molecule has 0 aromatic carbocycles. The second-order valence-electron chi connectivity index (χ2n) is 5.45. The molecule has 0 radical (unpaired) electrons. The van der Waals surface area contributed by atoms with E-state index in [4.69, 9.17) is 20.7 Å². The Hall–Kier alpha value is -0.540. The molecule has 4 unspecified atom stereocenters. The minimum absolute atomic E-state index is 0.0959. The summed E-state index contributed by atoms with van der Waals surface area (Å²) in [6.07, 6.45) is 0.348. The summed E-state index contributed by atoms with van der Waals surface area (Å²) in [5.41, 5.74) is 6.22. The van der Waals surface area contributed by atoms with Crippen molar-refractivity contribution in [2.75, 3.05) is 13.2 Å². The molecule has 4 atom stereocenters. The zero-order chi connectivity index (χ0) is 15.8. The Morgan fingerprint density at radius 2 is 1.95 bits per heavy atom. The van der Waals surface area contributed by atoms with Gasteiger partial charge in [-0.2, -0.15) is 0 Å². The number of hydrogen-bond acceptors (Lipinski definition) is 7. The van der Waals surface area contributed by atoms with Gasteiger partial charge in [-0.1, -0.05) is 6.08 Å². The van der Waals surface area contributed by atoms with Crippen LogP contribution in [0.1, 0.15) is 32.1 Å². The molecule has 7 nitrogen and oxygen atoms in total. The van der Waals surface area contributed by atoms with Gasteiger partial charge in [0.25, 0.3) is 0 Å². The predicted octanol–water partition coefficient (Wildman–Crippen LogP) is -1.18. The van der Waals surface area contributed by atoms with Gasteiger partial charge in [-0.05, 0) is 37.7 Å². The third-order valence-corrected chi connectivity index (χ3v) is 3.77. The van der Waals surface area contributed by atoms with Crippen molar-refractivity contribution in [1.29, 1.82) is 0 Å². The molecule has 124 valence electrons. The van der Waals surface area contributed by atoms with Gasteiger partial charge >= 0.3 is 0 Å². The molecule has 7 heteroatoms. The van der Waals surface area contributed by atoms with Crippen molar-refractivity contribution in [3.63, 3.8) is 0 Å². The zero-order valence-electron chi connectivity index (χ0n) is 12.1. The summed E-state index contributed by atoms with van der Waals surface area (Å²) in [7, 11) is 0. The molecule has 0 aliphatic heterocycles. The Bertz CT molecular complexity index is 323. The van der Waals surface area contributed by atoms with Crippen LogP contribution in [-0.2, 0) is 4.74 Å².